The molecule has 180 valence electrons. The monoisotopic (exact) mass is 460 g/mol. The molecule has 1 aromatic rings. The largest absolute Gasteiger partial charge is 0.472 e. The lowest BCUT2D eigenvalue weighted by Gasteiger charge is -2.57. The van der Waals surface area contributed by atoms with Crippen molar-refractivity contribution in [2.75, 3.05) is 6.61 Å². The van der Waals surface area contributed by atoms with Gasteiger partial charge in [0, 0.05) is 33.1 Å². The fraction of sp³-hybridized carbons (Fsp3) is 0.600. The maximum Gasteiger partial charge on any atom is 0.303 e. The second-order valence-corrected chi connectivity index (χ2v) is 9.39. The molecule has 0 bridgehead atoms. The van der Waals surface area contributed by atoms with Gasteiger partial charge in [0.15, 0.2) is 5.78 Å². The van der Waals surface area contributed by atoms with Gasteiger partial charge in [0.1, 0.15) is 18.5 Å². The molecule has 2 aliphatic carbocycles. The van der Waals surface area contributed by atoms with Crippen molar-refractivity contribution in [2.45, 2.75) is 65.6 Å². The van der Waals surface area contributed by atoms with Crippen LogP contribution in [0.25, 0.3) is 0 Å². The van der Waals surface area contributed by atoms with Gasteiger partial charge < -0.3 is 18.6 Å². The maximum atomic E-state index is 13.0. The molecule has 33 heavy (non-hydrogen) atoms. The number of ketones is 1. The Bertz CT molecular complexity index is 917. The highest BCUT2D eigenvalue weighted by Crippen LogP contribution is 2.59. The standard InChI is InChI=1S/C25H32O8/c1-14-6-7-20-19(13-31-15(2)26)24(33-17(4)28)23(32-16(3)27)11-25(20,5)21(14)10-22(29)18-8-9-30-12-18/h8-9,12,19-21,23-24H,1,6-7,10-11,13H2,2-5H3/t19-,20+,21+,23+,24-,25+/m0/s1. The molecule has 6 atom stereocenters. The first-order valence-electron chi connectivity index (χ1n) is 11.2. The van der Waals surface area contributed by atoms with E-state index in [1.54, 1.807) is 6.07 Å². The summed E-state index contributed by atoms with van der Waals surface area (Å²) in [4.78, 5) is 48.5. The predicted molar refractivity (Wildman–Crippen MR) is 117 cm³/mol. The Kier molecular flexibility index (Phi) is 7.44. The number of rotatable bonds is 7. The maximum absolute atomic E-state index is 13.0. The molecule has 1 heterocycles. The van der Waals surface area contributed by atoms with Crippen LogP contribution >= 0.6 is 0 Å². The average Bonchev–Trinajstić information content (AvgIpc) is 3.24. The van der Waals surface area contributed by atoms with E-state index in [0.29, 0.717) is 18.4 Å². The number of hydrogen-bond acceptors (Lipinski definition) is 8. The minimum Gasteiger partial charge on any atom is -0.472 e. The lowest BCUT2D eigenvalue weighted by molar-refractivity contribution is -0.202. The van der Waals surface area contributed by atoms with Crippen molar-refractivity contribution in [1.29, 1.82) is 0 Å². The van der Waals surface area contributed by atoms with Gasteiger partial charge in [-0.15, -0.1) is 0 Å². The van der Waals surface area contributed by atoms with E-state index >= 15 is 0 Å². The molecule has 0 N–H and O–H groups in total. The van der Waals surface area contributed by atoms with Crippen LogP contribution in [0, 0.1) is 23.2 Å². The van der Waals surface area contributed by atoms with Crippen LogP contribution in [0.2, 0.25) is 0 Å². The molecule has 8 heteroatoms. The zero-order valence-electron chi connectivity index (χ0n) is 19.6. The highest BCUT2D eigenvalue weighted by Gasteiger charge is 2.58. The second-order valence-electron chi connectivity index (χ2n) is 9.39. The van der Waals surface area contributed by atoms with E-state index in [0.717, 1.165) is 12.0 Å². The zero-order valence-corrected chi connectivity index (χ0v) is 19.6. The van der Waals surface area contributed by atoms with Gasteiger partial charge >= 0.3 is 17.9 Å². The van der Waals surface area contributed by atoms with E-state index in [1.165, 1.54) is 33.3 Å². The van der Waals surface area contributed by atoms with Crippen molar-refractivity contribution in [3.8, 4) is 0 Å². The van der Waals surface area contributed by atoms with E-state index in [9.17, 15) is 19.2 Å². The van der Waals surface area contributed by atoms with Crippen LogP contribution in [0.5, 0.6) is 0 Å². The summed E-state index contributed by atoms with van der Waals surface area (Å²) in [6.07, 6.45) is 3.48. The molecule has 0 aromatic carbocycles. The van der Waals surface area contributed by atoms with E-state index < -0.39 is 35.5 Å². The third kappa shape index (κ3) is 5.37. The molecule has 2 fully saturated rings. The minimum absolute atomic E-state index is 0.0280. The number of esters is 3. The molecular weight excluding hydrogens is 428 g/mol. The van der Waals surface area contributed by atoms with Crippen LogP contribution in [0.3, 0.4) is 0 Å². The molecular formula is C25H32O8. The van der Waals surface area contributed by atoms with Crippen LogP contribution in [-0.4, -0.2) is 42.5 Å². The van der Waals surface area contributed by atoms with Crippen molar-refractivity contribution >= 4 is 23.7 Å². The summed E-state index contributed by atoms with van der Waals surface area (Å²) >= 11 is 0. The lowest BCUT2D eigenvalue weighted by Crippen LogP contribution is -2.59. The number of fused-ring (bicyclic) bond motifs is 1. The van der Waals surface area contributed by atoms with Gasteiger partial charge in [0.05, 0.1) is 18.4 Å². The Morgan fingerprint density at radius 1 is 1.12 bits per heavy atom. The smallest absolute Gasteiger partial charge is 0.303 e. The van der Waals surface area contributed by atoms with Crippen molar-refractivity contribution < 1.29 is 37.8 Å². The SMILES string of the molecule is C=C1CC[C@@H]2[C@H](COC(C)=O)[C@H](OC(C)=O)[C@H](OC(C)=O)C[C@@]2(C)[C@@H]1CC(=O)c1ccoc1. The number of allylic oxidation sites excluding steroid dienone is 1. The van der Waals surface area contributed by atoms with Gasteiger partial charge in [-0.25, -0.2) is 0 Å². The first-order valence-corrected chi connectivity index (χ1v) is 11.2. The molecule has 2 saturated carbocycles. The summed E-state index contributed by atoms with van der Waals surface area (Å²) in [6.45, 7) is 10.3. The van der Waals surface area contributed by atoms with Crippen LogP contribution in [0.15, 0.2) is 35.2 Å². The predicted octanol–water partition coefficient (Wildman–Crippen LogP) is 3.89. The highest BCUT2D eigenvalue weighted by atomic mass is 16.6. The first-order chi connectivity index (χ1) is 15.5. The molecule has 8 nitrogen and oxygen atoms in total. The number of ether oxygens (including phenoxy) is 3. The molecule has 3 rings (SSSR count). The second kappa shape index (κ2) is 9.93. The molecule has 0 saturated heterocycles. The third-order valence-electron chi connectivity index (χ3n) is 7.19. The summed E-state index contributed by atoms with van der Waals surface area (Å²) in [5.41, 5.74) is 0.968. The average molecular weight is 461 g/mol. The highest BCUT2D eigenvalue weighted by molar-refractivity contribution is 5.96. The molecule has 2 aliphatic rings. The van der Waals surface area contributed by atoms with E-state index in [4.69, 9.17) is 18.6 Å². The van der Waals surface area contributed by atoms with E-state index in [-0.39, 0.29) is 36.6 Å². The molecule has 0 unspecified atom stereocenters. The lowest BCUT2D eigenvalue weighted by atomic mass is 9.49. The Morgan fingerprint density at radius 2 is 1.82 bits per heavy atom. The number of hydrogen-bond donors (Lipinski definition) is 0. The summed E-state index contributed by atoms with van der Waals surface area (Å²) < 4.78 is 21.7. The van der Waals surface area contributed by atoms with Gasteiger partial charge in [-0.1, -0.05) is 19.1 Å². The van der Waals surface area contributed by atoms with Gasteiger partial charge in [-0.05, 0) is 42.6 Å². The van der Waals surface area contributed by atoms with Gasteiger partial charge in [-0.3, -0.25) is 19.2 Å². The van der Waals surface area contributed by atoms with Crippen LogP contribution in [0.1, 0.15) is 63.7 Å². The Labute approximate surface area is 193 Å². The summed E-state index contributed by atoms with van der Waals surface area (Å²) in [5, 5.41) is 0. The number of Topliss-reactive ketones (excluding diaryl/α,β-unsaturated/α-hetero) is 1. The van der Waals surface area contributed by atoms with Crippen molar-refractivity contribution in [3.63, 3.8) is 0 Å². The quantitative estimate of drug-likeness (QED) is 0.261. The summed E-state index contributed by atoms with van der Waals surface area (Å²) in [6, 6.07) is 1.64. The topological polar surface area (TPSA) is 109 Å². The summed E-state index contributed by atoms with van der Waals surface area (Å²) in [5.74, 6) is -2.11. The molecule has 0 spiro atoms. The number of carbonyl (C=O) groups is 4. The number of furan rings is 1. The Balaban J connectivity index is 2.00. The van der Waals surface area contributed by atoms with Crippen LogP contribution in [0.4, 0.5) is 0 Å². The molecule has 0 radical (unpaired) electrons. The fourth-order valence-corrected chi connectivity index (χ4v) is 5.83. The van der Waals surface area contributed by atoms with E-state index in [1.807, 2.05) is 0 Å². The van der Waals surface area contributed by atoms with E-state index in [2.05, 4.69) is 13.5 Å². The van der Waals surface area contributed by atoms with Crippen molar-refractivity contribution in [3.05, 3.63) is 36.3 Å². The number of carbonyl (C=O) groups excluding carboxylic acids is 4. The Hall–Kier alpha value is -2.90. The van der Waals surface area contributed by atoms with Gasteiger partial charge in [-0.2, -0.15) is 0 Å². The van der Waals surface area contributed by atoms with Crippen LogP contribution in [-0.2, 0) is 28.6 Å². The van der Waals surface area contributed by atoms with Gasteiger partial charge in [0.2, 0.25) is 0 Å². The fourth-order valence-electron chi connectivity index (χ4n) is 5.83. The Morgan fingerprint density at radius 3 is 2.39 bits per heavy atom. The third-order valence-corrected chi connectivity index (χ3v) is 7.19. The first kappa shape index (κ1) is 24.7. The van der Waals surface area contributed by atoms with Crippen molar-refractivity contribution in [1.82, 2.24) is 0 Å². The van der Waals surface area contributed by atoms with Crippen molar-refractivity contribution in [2.24, 2.45) is 23.2 Å². The molecule has 0 aliphatic heterocycles. The summed E-state index contributed by atoms with van der Waals surface area (Å²) in [7, 11) is 0. The molecule has 0 amide bonds. The normalized spacial score (nSPS) is 31.3. The zero-order chi connectivity index (χ0) is 24.3. The molecule has 1 aromatic heterocycles. The minimum atomic E-state index is -0.750. The van der Waals surface area contributed by atoms with Crippen LogP contribution < -0.4 is 0 Å². The van der Waals surface area contributed by atoms with Gasteiger partial charge in [0.25, 0.3) is 0 Å².